The van der Waals surface area contributed by atoms with Gasteiger partial charge < -0.3 is 9.53 Å². The van der Waals surface area contributed by atoms with E-state index in [-0.39, 0.29) is 5.04 Å². The molecule has 0 amide bonds. The number of aliphatic hydroxyl groups excluding tert-OH is 1. The second-order valence-corrected chi connectivity index (χ2v) is 12.6. The molecule has 0 aliphatic carbocycles. The van der Waals surface area contributed by atoms with Crippen LogP contribution < -0.4 is 10.4 Å². The molecular weight excluding hydrogens is 348 g/mol. The minimum absolute atomic E-state index is 0.0345. The van der Waals surface area contributed by atoms with Crippen LogP contribution in [-0.2, 0) is 4.43 Å². The second-order valence-electron chi connectivity index (χ2n) is 8.34. The monoisotopic (exact) mass is 382 g/mol. The molecule has 3 heteroatoms. The first-order chi connectivity index (χ1) is 12.7. The maximum absolute atomic E-state index is 10.2. The van der Waals surface area contributed by atoms with E-state index in [0.29, 0.717) is 6.61 Å². The average Bonchev–Trinajstić information content (AvgIpc) is 2.67. The van der Waals surface area contributed by atoms with Crippen LogP contribution in [0, 0.1) is 0 Å². The van der Waals surface area contributed by atoms with E-state index in [1.165, 1.54) is 10.4 Å². The molecule has 146 valence electrons. The van der Waals surface area contributed by atoms with Crippen LogP contribution in [-0.4, -0.2) is 26.1 Å². The third kappa shape index (κ3) is 4.60. The highest BCUT2D eigenvalue weighted by molar-refractivity contribution is 6.99. The fourth-order valence-electron chi connectivity index (χ4n) is 3.68. The molecule has 2 nitrogen and oxygen atoms in total. The largest absolute Gasteiger partial charge is 0.403 e. The summed E-state index contributed by atoms with van der Waals surface area (Å²) in [5, 5.41) is 12.7. The first-order valence-electron chi connectivity index (χ1n) is 9.83. The zero-order valence-corrected chi connectivity index (χ0v) is 18.6. The third-order valence-corrected chi connectivity index (χ3v) is 10.5. The molecule has 0 heterocycles. The fourth-order valence-corrected chi connectivity index (χ4v) is 8.27. The molecule has 0 radical (unpaired) electrons. The van der Waals surface area contributed by atoms with Gasteiger partial charge in [-0.05, 0) is 46.8 Å². The predicted octanol–water partition coefficient (Wildman–Crippen LogP) is 4.67. The molecule has 0 saturated heterocycles. The third-order valence-electron chi connectivity index (χ3n) is 5.48. The van der Waals surface area contributed by atoms with Crippen LogP contribution in [0.4, 0.5) is 0 Å². The summed E-state index contributed by atoms with van der Waals surface area (Å²) in [7, 11) is -2.52. The van der Waals surface area contributed by atoms with E-state index in [9.17, 15) is 5.11 Å². The predicted molar refractivity (Wildman–Crippen MR) is 118 cm³/mol. The van der Waals surface area contributed by atoms with E-state index in [0.717, 1.165) is 17.6 Å². The maximum Gasteiger partial charge on any atom is 0.261 e. The summed E-state index contributed by atoms with van der Waals surface area (Å²) in [6.45, 7) is 13.5. The highest BCUT2D eigenvalue weighted by Crippen LogP contribution is 2.37. The molecular formula is C24H34O2Si. The molecule has 0 spiro atoms. The van der Waals surface area contributed by atoms with Gasteiger partial charge in [0.05, 0.1) is 12.7 Å². The van der Waals surface area contributed by atoms with Crippen molar-refractivity contribution in [2.75, 3.05) is 6.61 Å². The second kappa shape index (κ2) is 9.00. The lowest BCUT2D eigenvalue weighted by atomic mass is 10.0. The van der Waals surface area contributed by atoms with Crippen molar-refractivity contribution in [3.63, 3.8) is 0 Å². The normalized spacial score (nSPS) is 14.6. The van der Waals surface area contributed by atoms with Gasteiger partial charge in [0.2, 0.25) is 0 Å². The molecule has 2 rings (SSSR count). The van der Waals surface area contributed by atoms with E-state index >= 15 is 0 Å². The highest BCUT2D eigenvalue weighted by atomic mass is 28.4. The van der Waals surface area contributed by atoms with Gasteiger partial charge in [0.25, 0.3) is 8.32 Å². The Morgan fingerprint density at radius 3 is 1.74 bits per heavy atom. The Balaban J connectivity index is 2.57. The van der Waals surface area contributed by atoms with Gasteiger partial charge in [0.15, 0.2) is 0 Å². The lowest BCUT2D eigenvalue weighted by Crippen LogP contribution is -2.66. The fraction of sp³-hybridized carbons (Fsp3) is 0.417. The minimum atomic E-state index is -2.52. The van der Waals surface area contributed by atoms with Crippen molar-refractivity contribution >= 4 is 18.7 Å². The summed E-state index contributed by atoms with van der Waals surface area (Å²) in [6, 6.07) is 21.3. The van der Waals surface area contributed by atoms with Crippen molar-refractivity contribution in [1.29, 1.82) is 0 Å². The molecule has 1 N–H and O–H groups in total. The van der Waals surface area contributed by atoms with Crippen molar-refractivity contribution in [1.82, 2.24) is 0 Å². The summed E-state index contributed by atoms with van der Waals surface area (Å²) in [4.78, 5) is 0. The molecule has 0 bridgehead atoms. The van der Waals surface area contributed by atoms with Crippen molar-refractivity contribution in [3.05, 3.63) is 71.8 Å². The van der Waals surface area contributed by atoms with Crippen LogP contribution in [0.5, 0.6) is 0 Å². The quantitative estimate of drug-likeness (QED) is 0.557. The topological polar surface area (TPSA) is 29.5 Å². The Kier molecular flexibility index (Phi) is 7.21. The van der Waals surface area contributed by atoms with Gasteiger partial charge in [-0.25, -0.2) is 0 Å². The summed E-state index contributed by atoms with van der Waals surface area (Å²) in [5.41, 5.74) is 2.15. The number of aliphatic hydroxyl groups is 1. The number of hydrogen-bond acceptors (Lipinski definition) is 2. The molecule has 2 aromatic carbocycles. The van der Waals surface area contributed by atoms with Gasteiger partial charge in [-0.2, -0.15) is 0 Å². The van der Waals surface area contributed by atoms with Gasteiger partial charge in [0, 0.05) is 0 Å². The lowest BCUT2D eigenvalue weighted by Gasteiger charge is -2.43. The number of rotatable bonds is 7. The van der Waals surface area contributed by atoms with Gasteiger partial charge in [-0.3, -0.25) is 0 Å². The molecule has 27 heavy (non-hydrogen) atoms. The number of hydrogen-bond donors (Lipinski definition) is 1. The summed E-state index contributed by atoms with van der Waals surface area (Å²) in [6.07, 6.45) is 0.329. The molecule has 0 fully saturated rings. The Bertz CT molecular complexity index is 705. The molecule has 0 aliphatic rings. The van der Waals surface area contributed by atoms with Crippen molar-refractivity contribution in [2.24, 2.45) is 0 Å². The van der Waals surface area contributed by atoms with E-state index in [2.05, 4.69) is 88.4 Å². The molecule has 0 unspecified atom stereocenters. The highest BCUT2D eigenvalue weighted by Gasteiger charge is 2.50. The minimum Gasteiger partial charge on any atom is -0.403 e. The van der Waals surface area contributed by atoms with E-state index in [1.54, 1.807) is 0 Å². The summed E-state index contributed by atoms with van der Waals surface area (Å²) in [5.74, 6) is 0. The Labute approximate surface area is 166 Å². The Hall–Kier alpha value is -1.68. The zero-order valence-electron chi connectivity index (χ0n) is 17.6. The summed E-state index contributed by atoms with van der Waals surface area (Å²) < 4.78 is 6.91. The first-order valence-corrected chi connectivity index (χ1v) is 11.7. The standard InChI is InChI=1S/C24H34O2Si/c1-7-23(25)20(3)19(2)18-26-27(24(4,5)6,21-14-10-8-11-15-21)22-16-12-9-13-17-22/h8-17,23,25H,7,18H2,1-6H3/b20-19+/t23-/m1/s1. The number of benzene rings is 2. The summed E-state index contributed by atoms with van der Waals surface area (Å²) >= 11 is 0. The zero-order chi connectivity index (χ0) is 20.1. The van der Waals surface area contributed by atoms with Crippen molar-refractivity contribution < 1.29 is 9.53 Å². The van der Waals surface area contributed by atoms with E-state index in [1.807, 2.05) is 13.8 Å². The molecule has 2 aromatic rings. The molecule has 0 saturated carbocycles. The first kappa shape index (κ1) is 21.6. The van der Waals surface area contributed by atoms with Crippen LogP contribution in [0.15, 0.2) is 71.8 Å². The lowest BCUT2D eigenvalue weighted by molar-refractivity contribution is 0.203. The average molecular weight is 383 g/mol. The van der Waals surface area contributed by atoms with Crippen LogP contribution in [0.1, 0.15) is 48.0 Å². The van der Waals surface area contributed by atoms with E-state index < -0.39 is 14.4 Å². The van der Waals surface area contributed by atoms with E-state index in [4.69, 9.17) is 4.43 Å². The van der Waals surface area contributed by atoms with Crippen LogP contribution >= 0.6 is 0 Å². The van der Waals surface area contributed by atoms with Crippen LogP contribution in [0.2, 0.25) is 5.04 Å². The van der Waals surface area contributed by atoms with Gasteiger partial charge >= 0.3 is 0 Å². The van der Waals surface area contributed by atoms with Crippen molar-refractivity contribution in [3.8, 4) is 0 Å². The molecule has 0 aromatic heterocycles. The van der Waals surface area contributed by atoms with Crippen LogP contribution in [0.3, 0.4) is 0 Å². The SMILES string of the molecule is CC[C@@H](O)/C(C)=C(\C)CO[Si](c1ccccc1)(c1ccccc1)C(C)(C)C. The smallest absolute Gasteiger partial charge is 0.261 e. The maximum atomic E-state index is 10.2. The van der Waals surface area contributed by atoms with Crippen LogP contribution in [0.25, 0.3) is 0 Å². The molecule has 0 aliphatic heterocycles. The van der Waals surface area contributed by atoms with Gasteiger partial charge in [-0.1, -0.05) is 88.4 Å². The Morgan fingerprint density at radius 1 is 0.926 bits per heavy atom. The van der Waals surface area contributed by atoms with Gasteiger partial charge in [-0.15, -0.1) is 0 Å². The van der Waals surface area contributed by atoms with Gasteiger partial charge in [0.1, 0.15) is 0 Å². The molecule has 1 atom stereocenters. The van der Waals surface area contributed by atoms with Crippen molar-refractivity contribution in [2.45, 2.75) is 59.1 Å². The Morgan fingerprint density at radius 2 is 1.37 bits per heavy atom.